The molecule has 4 aliphatic rings. The van der Waals surface area contributed by atoms with Crippen LogP contribution in [0.4, 0.5) is 0 Å². The van der Waals surface area contributed by atoms with Gasteiger partial charge in [-0.05, 0) is 67.9 Å². The van der Waals surface area contributed by atoms with E-state index in [4.69, 9.17) is 16.3 Å². The van der Waals surface area contributed by atoms with Crippen LogP contribution in [0.2, 0.25) is 5.02 Å². The van der Waals surface area contributed by atoms with Crippen molar-refractivity contribution in [2.45, 2.75) is 38.1 Å². The average Bonchev–Trinajstić information content (AvgIpc) is 3.15. The van der Waals surface area contributed by atoms with E-state index in [1.807, 2.05) is 25.1 Å². The summed E-state index contributed by atoms with van der Waals surface area (Å²) in [6.45, 7) is 3.67. The minimum atomic E-state index is -0.182. The maximum Gasteiger partial charge on any atom is 0.275 e. The van der Waals surface area contributed by atoms with E-state index in [0.29, 0.717) is 37.6 Å². The van der Waals surface area contributed by atoms with Crippen molar-refractivity contribution in [3.63, 3.8) is 0 Å². The maximum absolute atomic E-state index is 13.1. The fourth-order valence-corrected chi connectivity index (χ4v) is 5.71. The molecule has 8 heteroatoms. The van der Waals surface area contributed by atoms with Gasteiger partial charge in [-0.15, -0.1) is 0 Å². The van der Waals surface area contributed by atoms with E-state index in [1.54, 1.807) is 38.7 Å². The second kappa shape index (κ2) is 7.48. The summed E-state index contributed by atoms with van der Waals surface area (Å²) in [7, 11) is 0. The minimum absolute atomic E-state index is 0.147. The van der Waals surface area contributed by atoms with Crippen LogP contribution in [0.5, 0.6) is 5.75 Å². The molecule has 7 rings (SSSR count). The van der Waals surface area contributed by atoms with Gasteiger partial charge in [0.15, 0.2) is 0 Å². The number of hydrogen-bond acceptors (Lipinski definition) is 4. The number of halogens is 1. The number of imidazole rings is 1. The Balaban J connectivity index is 1.16. The van der Waals surface area contributed by atoms with Gasteiger partial charge in [0.2, 0.25) is 0 Å². The molecule has 170 valence electrons. The van der Waals surface area contributed by atoms with Crippen LogP contribution in [0.1, 0.15) is 41.0 Å². The highest BCUT2D eigenvalue weighted by Crippen LogP contribution is 2.66. The summed E-state index contributed by atoms with van der Waals surface area (Å²) in [5, 5.41) is 0.737. The molecule has 0 unspecified atom stereocenters. The molecule has 1 amide bonds. The molecular formula is C25H25ClN4O3. The van der Waals surface area contributed by atoms with E-state index in [0.717, 1.165) is 22.4 Å². The molecule has 0 saturated heterocycles. The lowest BCUT2D eigenvalue weighted by Gasteiger charge is -2.62. The van der Waals surface area contributed by atoms with Gasteiger partial charge in [-0.1, -0.05) is 11.6 Å². The number of carbonyl (C=O) groups excluding carboxylic acids is 1. The zero-order chi connectivity index (χ0) is 22.7. The van der Waals surface area contributed by atoms with Gasteiger partial charge in [-0.25, -0.2) is 4.98 Å². The lowest BCUT2D eigenvalue weighted by Crippen LogP contribution is -2.55. The van der Waals surface area contributed by atoms with Gasteiger partial charge >= 0.3 is 0 Å². The summed E-state index contributed by atoms with van der Waals surface area (Å²) in [5.41, 5.74) is 3.01. The predicted octanol–water partition coefficient (Wildman–Crippen LogP) is 3.58. The smallest absolute Gasteiger partial charge is 0.275 e. The molecule has 1 aliphatic heterocycles. The molecule has 33 heavy (non-hydrogen) atoms. The molecule has 3 aromatic rings. The molecular weight excluding hydrogens is 440 g/mol. The molecule has 0 atom stereocenters. The Morgan fingerprint density at radius 1 is 1.15 bits per heavy atom. The first-order valence-corrected chi connectivity index (χ1v) is 11.8. The average molecular weight is 465 g/mol. The largest absolute Gasteiger partial charge is 0.491 e. The topological polar surface area (TPSA) is 69.4 Å². The Hall–Kier alpha value is -3.06. The lowest BCUT2D eigenvalue weighted by atomic mass is 9.42. The van der Waals surface area contributed by atoms with Crippen LogP contribution >= 0.6 is 11.6 Å². The quantitative estimate of drug-likeness (QED) is 0.559. The molecule has 7 nitrogen and oxygen atoms in total. The summed E-state index contributed by atoms with van der Waals surface area (Å²) < 4.78 is 9.41. The number of benzene rings is 1. The number of rotatable bonds is 6. The van der Waals surface area contributed by atoms with Crippen molar-refractivity contribution in [1.29, 1.82) is 0 Å². The zero-order valence-corrected chi connectivity index (χ0v) is 19.2. The van der Waals surface area contributed by atoms with Crippen LogP contribution in [-0.4, -0.2) is 44.6 Å². The second-order valence-corrected chi connectivity index (χ2v) is 9.96. The molecule has 2 aromatic heterocycles. The van der Waals surface area contributed by atoms with E-state index < -0.39 is 0 Å². The normalized spacial score (nSPS) is 23.0. The fourth-order valence-electron chi connectivity index (χ4n) is 5.54. The van der Waals surface area contributed by atoms with Crippen molar-refractivity contribution in [2.75, 3.05) is 19.7 Å². The summed E-state index contributed by atoms with van der Waals surface area (Å²) >= 11 is 6.27. The number of aromatic nitrogens is 3. The van der Waals surface area contributed by atoms with E-state index in [9.17, 15) is 9.59 Å². The number of fused-ring (bicyclic) bond motifs is 1. The highest BCUT2D eigenvalue weighted by Gasteiger charge is 2.58. The van der Waals surface area contributed by atoms with E-state index in [1.165, 1.54) is 24.8 Å². The van der Waals surface area contributed by atoms with Gasteiger partial charge in [-0.2, -0.15) is 0 Å². The van der Waals surface area contributed by atoms with Crippen molar-refractivity contribution in [1.82, 2.24) is 19.0 Å². The molecule has 0 radical (unpaired) electrons. The monoisotopic (exact) mass is 464 g/mol. The van der Waals surface area contributed by atoms with E-state index >= 15 is 0 Å². The number of hydrogen-bond donors (Lipinski definition) is 0. The van der Waals surface area contributed by atoms with Crippen LogP contribution in [0.3, 0.4) is 0 Å². The second-order valence-electron chi connectivity index (χ2n) is 9.52. The molecule has 0 spiro atoms. The standard InChI is InChI=1S/C25H25ClN4O3/c1-16-14-29(15-27-16)20-3-4-21-23(31)28(6-7-30(21)24(20)32)8-9-33-22-5-2-18(26)10-19(22)25-11-17(12-25)13-25/h2-5,10,14-15,17H,6-9,11-13H2,1H3. The van der Waals surface area contributed by atoms with Crippen molar-refractivity contribution in [2.24, 2.45) is 5.92 Å². The van der Waals surface area contributed by atoms with Crippen LogP contribution < -0.4 is 10.3 Å². The molecule has 0 N–H and O–H groups in total. The van der Waals surface area contributed by atoms with Crippen molar-refractivity contribution in [3.8, 4) is 11.4 Å². The minimum Gasteiger partial charge on any atom is -0.491 e. The third-order valence-electron chi connectivity index (χ3n) is 7.41. The van der Waals surface area contributed by atoms with Gasteiger partial charge in [0.1, 0.15) is 23.7 Å². The Bertz CT molecular complexity index is 1310. The van der Waals surface area contributed by atoms with Crippen molar-refractivity contribution < 1.29 is 9.53 Å². The van der Waals surface area contributed by atoms with Crippen LogP contribution in [0.15, 0.2) is 47.7 Å². The van der Waals surface area contributed by atoms with Gasteiger partial charge in [0.25, 0.3) is 11.5 Å². The third kappa shape index (κ3) is 3.29. The Labute approximate surface area is 196 Å². The van der Waals surface area contributed by atoms with E-state index in [2.05, 4.69) is 4.98 Å². The van der Waals surface area contributed by atoms with Gasteiger partial charge in [0.05, 0.1) is 18.6 Å². The third-order valence-corrected chi connectivity index (χ3v) is 7.65. The summed E-state index contributed by atoms with van der Waals surface area (Å²) in [5.74, 6) is 1.59. The first-order chi connectivity index (χ1) is 15.9. The molecule has 3 fully saturated rings. The van der Waals surface area contributed by atoms with Crippen LogP contribution in [0, 0.1) is 12.8 Å². The summed E-state index contributed by atoms with van der Waals surface area (Å²) in [6, 6.07) is 9.27. The number of carbonyl (C=O) groups is 1. The fraction of sp³-hybridized carbons (Fsp3) is 0.400. The van der Waals surface area contributed by atoms with Crippen molar-refractivity contribution >= 4 is 17.5 Å². The predicted molar refractivity (Wildman–Crippen MR) is 124 cm³/mol. The number of aryl methyl sites for hydroxylation is 1. The van der Waals surface area contributed by atoms with Gasteiger partial charge < -0.3 is 18.8 Å². The molecule has 3 aliphatic carbocycles. The highest BCUT2D eigenvalue weighted by atomic mass is 35.5. The number of ether oxygens (including phenoxy) is 1. The zero-order valence-electron chi connectivity index (χ0n) is 18.5. The maximum atomic E-state index is 13.1. The molecule has 3 heterocycles. The first kappa shape index (κ1) is 20.5. The van der Waals surface area contributed by atoms with Crippen molar-refractivity contribution in [3.05, 3.63) is 75.2 Å². The number of amides is 1. The Morgan fingerprint density at radius 2 is 1.97 bits per heavy atom. The van der Waals surface area contributed by atoms with Crippen LogP contribution in [0.25, 0.3) is 5.69 Å². The Kier molecular flexibility index (Phi) is 4.66. The molecule has 2 bridgehead atoms. The van der Waals surface area contributed by atoms with E-state index in [-0.39, 0.29) is 16.9 Å². The number of nitrogens with zero attached hydrogens (tertiary/aromatic N) is 4. The first-order valence-electron chi connectivity index (χ1n) is 11.4. The summed E-state index contributed by atoms with van der Waals surface area (Å²) in [6.07, 6.45) is 7.09. The van der Waals surface area contributed by atoms with Gasteiger partial charge in [-0.3, -0.25) is 9.59 Å². The van der Waals surface area contributed by atoms with Gasteiger partial charge in [0, 0.05) is 29.9 Å². The molecule has 3 saturated carbocycles. The SMILES string of the molecule is Cc1cn(-c2ccc3n(c2=O)CCN(CCOc2ccc(Cl)cc2C24CC(C2)C4)C3=O)cn1. The lowest BCUT2D eigenvalue weighted by molar-refractivity contribution is -0.0294. The molecule has 1 aromatic carbocycles. The number of pyridine rings is 1. The Morgan fingerprint density at radius 3 is 2.67 bits per heavy atom. The summed E-state index contributed by atoms with van der Waals surface area (Å²) in [4.78, 5) is 32.0. The highest BCUT2D eigenvalue weighted by molar-refractivity contribution is 6.30. The van der Waals surface area contributed by atoms with Crippen LogP contribution in [-0.2, 0) is 12.0 Å².